The highest BCUT2D eigenvalue weighted by atomic mass is 16.5. The zero-order chi connectivity index (χ0) is 12.0. The average molecular weight is 227 g/mol. The maximum atomic E-state index is 11.4. The SMILES string of the molecule is CCCC(C)CC(=O)OCC1CNC(=O)C1. The molecule has 4 heteroatoms. The monoisotopic (exact) mass is 227 g/mol. The Bertz CT molecular complexity index is 253. The lowest BCUT2D eigenvalue weighted by atomic mass is 10.0. The van der Waals surface area contributed by atoms with Crippen LogP contribution in [0.3, 0.4) is 0 Å². The minimum absolute atomic E-state index is 0.0559. The van der Waals surface area contributed by atoms with Crippen LogP contribution in [-0.4, -0.2) is 25.0 Å². The number of carbonyl (C=O) groups excluding carboxylic acids is 2. The summed E-state index contributed by atoms with van der Waals surface area (Å²) in [4.78, 5) is 22.3. The fourth-order valence-corrected chi connectivity index (χ4v) is 1.93. The summed E-state index contributed by atoms with van der Waals surface area (Å²) in [6.07, 6.45) is 3.12. The molecule has 1 N–H and O–H groups in total. The summed E-state index contributed by atoms with van der Waals surface area (Å²) in [5.41, 5.74) is 0. The molecule has 16 heavy (non-hydrogen) atoms. The number of hydrogen-bond donors (Lipinski definition) is 1. The van der Waals surface area contributed by atoms with Crippen LogP contribution in [0, 0.1) is 11.8 Å². The largest absolute Gasteiger partial charge is 0.465 e. The lowest BCUT2D eigenvalue weighted by molar-refractivity contribution is -0.146. The summed E-state index contributed by atoms with van der Waals surface area (Å²) in [5, 5.41) is 2.72. The summed E-state index contributed by atoms with van der Waals surface area (Å²) in [6.45, 7) is 5.18. The Morgan fingerprint density at radius 3 is 2.94 bits per heavy atom. The molecule has 0 aromatic carbocycles. The number of ether oxygens (including phenoxy) is 1. The normalized spacial score (nSPS) is 21.6. The molecule has 1 saturated heterocycles. The number of esters is 1. The first kappa shape index (κ1) is 13.0. The number of carbonyl (C=O) groups is 2. The van der Waals surface area contributed by atoms with Gasteiger partial charge in [-0.15, -0.1) is 0 Å². The highest BCUT2D eigenvalue weighted by molar-refractivity contribution is 5.78. The van der Waals surface area contributed by atoms with Gasteiger partial charge in [0.15, 0.2) is 0 Å². The fourth-order valence-electron chi connectivity index (χ4n) is 1.93. The van der Waals surface area contributed by atoms with Crippen LogP contribution in [0.15, 0.2) is 0 Å². The third-order valence-electron chi connectivity index (χ3n) is 2.84. The van der Waals surface area contributed by atoms with E-state index >= 15 is 0 Å². The van der Waals surface area contributed by atoms with Gasteiger partial charge in [0.2, 0.25) is 5.91 Å². The Balaban J connectivity index is 2.12. The Hall–Kier alpha value is -1.06. The van der Waals surface area contributed by atoms with Gasteiger partial charge < -0.3 is 10.1 Å². The van der Waals surface area contributed by atoms with Gasteiger partial charge in [-0.3, -0.25) is 9.59 Å². The van der Waals surface area contributed by atoms with Gasteiger partial charge in [0.25, 0.3) is 0 Å². The topological polar surface area (TPSA) is 55.4 Å². The van der Waals surface area contributed by atoms with Gasteiger partial charge in [0.1, 0.15) is 0 Å². The molecule has 0 bridgehead atoms. The van der Waals surface area contributed by atoms with Crippen molar-refractivity contribution in [1.29, 1.82) is 0 Å². The Kier molecular flexibility index (Phi) is 5.29. The van der Waals surface area contributed by atoms with Crippen LogP contribution in [0.4, 0.5) is 0 Å². The summed E-state index contributed by atoms with van der Waals surface area (Å²) >= 11 is 0. The predicted octanol–water partition coefficient (Wildman–Crippen LogP) is 1.49. The van der Waals surface area contributed by atoms with E-state index in [0.29, 0.717) is 31.9 Å². The summed E-state index contributed by atoms with van der Waals surface area (Å²) in [7, 11) is 0. The van der Waals surface area contributed by atoms with Gasteiger partial charge in [-0.1, -0.05) is 26.7 Å². The zero-order valence-electron chi connectivity index (χ0n) is 10.1. The van der Waals surface area contributed by atoms with Gasteiger partial charge in [0, 0.05) is 25.3 Å². The van der Waals surface area contributed by atoms with E-state index in [2.05, 4.69) is 19.2 Å². The van der Waals surface area contributed by atoms with Gasteiger partial charge in [0.05, 0.1) is 6.61 Å². The molecule has 4 nitrogen and oxygen atoms in total. The lowest BCUT2D eigenvalue weighted by Gasteiger charge is -2.11. The summed E-state index contributed by atoms with van der Waals surface area (Å²) in [6, 6.07) is 0. The minimum atomic E-state index is -0.139. The molecule has 92 valence electrons. The van der Waals surface area contributed by atoms with E-state index in [-0.39, 0.29) is 17.8 Å². The lowest BCUT2D eigenvalue weighted by Crippen LogP contribution is -2.18. The maximum Gasteiger partial charge on any atom is 0.306 e. The van der Waals surface area contributed by atoms with Crippen LogP contribution >= 0.6 is 0 Å². The van der Waals surface area contributed by atoms with Gasteiger partial charge >= 0.3 is 5.97 Å². The molecule has 0 aromatic heterocycles. The summed E-state index contributed by atoms with van der Waals surface area (Å²) < 4.78 is 5.16. The molecule has 0 aliphatic carbocycles. The van der Waals surface area contributed by atoms with Crippen molar-refractivity contribution in [1.82, 2.24) is 5.32 Å². The van der Waals surface area contributed by atoms with Crippen LogP contribution in [0.2, 0.25) is 0 Å². The van der Waals surface area contributed by atoms with E-state index in [1.807, 2.05) is 0 Å². The predicted molar refractivity (Wildman–Crippen MR) is 60.8 cm³/mol. The van der Waals surface area contributed by atoms with Crippen molar-refractivity contribution < 1.29 is 14.3 Å². The van der Waals surface area contributed by atoms with Crippen molar-refractivity contribution in [2.45, 2.75) is 39.5 Å². The molecule has 2 unspecified atom stereocenters. The molecule has 1 aliphatic heterocycles. The molecule has 1 heterocycles. The molecular formula is C12H21NO3. The molecule has 2 atom stereocenters. The highest BCUT2D eigenvalue weighted by Crippen LogP contribution is 2.13. The highest BCUT2D eigenvalue weighted by Gasteiger charge is 2.22. The van der Waals surface area contributed by atoms with Crippen LogP contribution in [0.1, 0.15) is 39.5 Å². The van der Waals surface area contributed by atoms with Gasteiger partial charge in [-0.2, -0.15) is 0 Å². The molecule has 0 saturated carbocycles. The Morgan fingerprint density at radius 1 is 1.62 bits per heavy atom. The average Bonchev–Trinajstić information content (AvgIpc) is 2.61. The van der Waals surface area contributed by atoms with Crippen LogP contribution in [0.25, 0.3) is 0 Å². The Labute approximate surface area is 96.7 Å². The molecule has 1 rings (SSSR count). The van der Waals surface area contributed by atoms with E-state index in [4.69, 9.17) is 4.74 Å². The van der Waals surface area contributed by atoms with Crippen molar-refractivity contribution >= 4 is 11.9 Å². The van der Waals surface area contributed by atoms with Crippen molar-refractivity contribution in [2.24, 2.45) is 11.8 Å². The smallest absolute Gasteiger partial charge is 0.306 e. The van der Waals surface area contributed by atoms with E-state index in [0.717, 1.165) is 12.8 Å². The number of rotatable bonds is 6. The molecule has 1 fully saturated rings. The van der Waals surface area contributed by atoms with Crippen LogP contribution in [0.5, 0.6) is 0 Å². The van der Waals surface area contributed by atoms with Gasteiger partial charge in [-0.05, 0) is 5.92 Å². The number of amides is 1. The number of nitrogens with one attached hydrogen (secondary N) is 1. The molecule has 0 spiro atoms. The fraction of sp³-hybridized carbons (Fsp3) is 0.833. The van der Waals surface area contributed by atoms with E-state index in [1.165, 1.54) is 0 Å². The summed E-state index contributed by atoms with van der Waals surface area (Å²) in [5.74, 6) is 0.472. The first-order chi connectivity index (χ1) is 7.61. The first-order valence-corrected chi connectivity index (χ1v) is 6.04. The molecule has 1 aliphatic rings. The van der Waals surface area contributed by atoms with Crippen molar-refractivity contribution in [3.8, 4) is 0 Å². The van der Waals surface area contributed by atoms with Crippen LogP contribution in [-0.2, 0) is 14.3 Å². The maximum absolute atomic E-state index is 11.4. The molecular weight excluding hydrogens is 206 g/mol. The van der Waals surface area contributed by atoms with Crippen molar-refractivity contribution in [3.63, 3.8) is 0 Å². The second-order valence-electron chi connectivity index (χ2n) is 4.66. The minimum Gasteiger partial charge on any atom is -0.465 e. The van der Waals surface area contributed by atoms with E-state index < -0.39 is 0 Å². The first-order valence-electron chi connectivity index (χ1n) is 6.04. The van der Waals surface area contributed by atoms with Gasteiger partial charge in [-0.25, -0.2) is 0 Å². The third kappa shape index (κ3) is 4.64. The van der Waals surface area contributed by atoms with Crippen LogP contribution < -0.4 is 5.32 Å². The van der Waals surface area contributed by atoms with E-state index in [9.17, 15) is 9.59 Å². The zero-order valence-corrected chi connectivity index (χ0v) is 10.1. The van der Waals surface area contributed by atoms with Crippen molar-refractivity contribution in [3.05, 3.63) is 0 Å². The Morgan fingerprint density at radius 2 is 2.38 bits per heavy atom. The standard InChI is InChI=1S/C12H21NO3/c1-3-4-9(2)5-12(15)16-8-10-6-11(14)13-7-10/h9-10H,3-8H2,1-2H3,(H,13,14). The van der Waals surface area contributed by atoms with E-state index in [1.54, 1.807) is 0 Å². The molecule has 0 aromatic rings. The second-order valence-corrected chi connectivity index (χ2v) is 4.66. The number of hydrogen-bond acceptors (Lipinski definition) is 3. The second kappa shape index (κ2) is 6.51. The molecule has 1 amide bonds. The molecule has 0 radical (unpaired) electrons. The quantitative estimate of drug-likeness (QED) is 0.699. The third-order valence-corrected chi connectivity index (χ3v) is 2.84. The van der Waals surface area contributed by atoms with Crippen molar-refractivity contribution in [2.75, 3.05) is 13.2 Å².